The first-order chi connectivity index (χ1) is 9.45. The van der Waals surface area contributed by atoms with Gasteiger partial charge in [-0.3, -0.25) is 4.79 Å². The maximum absolute atomic E-state index is 11.9. The van der Waals surface area contributed by atoms with Gasteiger partial charge in [0.05, 0.1) is 0 Å². The van der Waals surface area contributed by atoms with E-state index in [9.17, 15) is 9.59 Å². The lowest BCUT2D eigenvalue weighted by Crippen LogP contribution is -2.33. The zero-order valence-electron chi connectivity index (χ0n) is 11.0. The van der Waals surface area contributed by atoms with Crippen molar-refractivity contribution in [3.05, 3.63) is 38.0 Å². The van der Waals surface area contributed by atoms with Gasteiger partial charge in [-0.2, -0.15) is 0 Å². The summed E-state index contributed by atoms with van der Waals surface area (Å²) in [6.45, 7) is 3.96. The molecule has 1 unspecified atom stereocenters. The Hall–Kier alpha value is -1.73. The predicted molar refractivity (Wildman–Crippen MR) is 78.8 cm³/mol. The Labute approximate surface area is 124 Å². The average molecular weight is 310 g/mol. The number of hydrogen-bond donors (Lipinski definition) is 2. The largest absolute Gasteiger partial charge is 0.476 e. The molecule has 0 spiro atoms. The van der Waals surface area contributed by atoms with Crippen molar-refractivity contribution in [2.24, 2.45) is 0 Å². The molecule has 106 valence electrons. The van der Waals surface area contributed by atoms with Gasteiger partial charge in [-0.05, 0) is 26.0 Å². The predicted octanol–water partition coefficient (Wildman–Crippen LogP) is 2.57. The molecule has 5 nitrogen and oxygen atoms in total. The highest BCUT2D eigenvalue weighted by atomic mass is 32.1. The molecule has 2 N–H and O–H groups in total. The number of carbonyl (C=O) groups is 2. The van der Waals surface area contributed by atoms with Gasteiger partial charge in [-0.15, -0.1) is 22.7 Å². The number of nitrogens with one attached hydrogen (secondary N) is 1. The van der Waals surface area contributed by atoms with Crippen LogP contribution in [0, 0.1) is 6.92 Å². The maximum Gasteiger partial charge on any atom is 0.355 e. The lowest BCUT2D eigenvalue weighted by Gasteiger charge is -2.11. The van der Waals surface area contributed by atoms with E-state index >= 15 is 0 Å². The summed E-state index contributed by atoms with van der Waals surface area (Å²) in [5.41, 5.74) is -0.0957. The van der Waals surface area contributed by atoms with Gasteiger partial charge < -0.3 is 10.4 Å². The van der Waals surface area contributed by atoms with E-state index in [0.29, 0.717) is 0 Å². The molecule has 0 aliphatic rings. The Morgan fingerprint density at radius 2 is 2.20 bits per heavy atom. The Morgan fingerprint density at radius 1 is 1.45 bits per heavy atom. The highest BCUT2D eigenvalue weighted by Gasteiger charge is 2.16. The second-order valence-electron chi connectivity index (χ2n) is 4.43. The van der Waals surface area contributed by atoms with E-state index in [2.05, 4.69) is 22.4 Å². The van der Waals surface area contributed by atoms with Gasteiger partial charge >= 0.3 is 5.97 Å². The van der Waals surface area contributed by atoms with Crippen LogP contribution in [-0.4, -0.2) is 28.0 Å². The van der Waals surface area contributed by atoms with Gasteiger partial charge in [0.1, 0.15) is 0 Å². The lowest BCUT2D eigenvalue weighted by molar-refractivity contribution is 0.0691. The number of nitrogens with zero attached hydrogens (tertiary/aromatic N) is 1. The number of carboxylic acids is 1. The molecule has 0 bridgehead atoms. The molecule has 0 aliphatic heterocycles. The van der Waals surface area contributed by atoms with E-state index in [1.165, 1.54) is 15.1 Å². The third-order valence-corrected chi connectivity index (χ3v) is 4.46. The first-order valence-corrected chi connectivity index (χ1v) is 7.70. The molecule has 0 radical (unpaired) electrons. The number of aromatic carboxylic acids is 1. The van der Waals surface area contributed by atoms with Crippen LogP contribution < -0.4 is 5.32 Å². The molecule has 7 heteroatoms. The van der Waals surface area contributed by atoms with Crippen molar-refractivity contribution in [1.82, 2.24) is 10.3 Å². The SMILES string of the molecule is Cc1ccc(CC(C)NC(=O)c2nc(C(=O)O)cs2)s1. The molecule has 1 amide bonds. The zero-order chi connectivity index (χ0) is 14.7. The molecule has 2 heterocycles. The second-order valence-corrected chi connectivity index (χ2v) is 6.66. The normalized spacial score (nSPS) is 12.1. The quantitative estimate of drug-likeness (QED) is 0.889. The number of amides is 1. The Kier molecular flexibility index (Phi) is 4.51. The van der Waals surface area contributed by atoms with E-state index in [1.807, 2.05) is 13.8 Å². The highest BCUT2D eigenvalue weighted by Crippen LogP contribution is 2.17. The third kappa shape index (κ3) is 3.64. The van der Waals surface area contributed by atoms with Crippen LogP contribution in [-0.2, 0) is 6.42 Å². The summed E-state index contributed by atoms with van der Waals surface area (Å²) in [6, 6.07) is 4.07. The van der Waals surface area contributed by atoms with Crippen molar-refractivity contribution < 1.29 is 14.7 Å². The minimum atomic E-state index is -1.12. The molecule has 1 atom stereocenters. The molecule has 0 saturated heterocycles. The van der Waals surface area contributed by atoms with Crippen molar-refractivity contribution in [1.29, 1.82) is 0 Å². The number of rotatable bonds is 5. The van der Waals surface area contributed by atoms with E-state index in [1.54, 1.807) is 11.3 Å². The van der Waals surface area contributed by atoms with Crippen LogP contribution in [0.3, 0.4) is 0 Å². The van der Waals surface area contributed by atoms with Gasteiger partial charge in [0.2, 0.25) is 0 Å². The minimum absolute atomic E-state index is 0.0299. The molecular weight excluding hydrogens is 296 g/mol. The van der Waals surface area contributed by atoms with Crippen LogP contribution in [0.15, 0.2) is 17.5 Å². The van der Waals surface area contributed by atoms with Crippen molar-refractivity contribution in [3.63, 3.8) is 0 Å². The summed E-state index contributed by atoms with van der Waals surface area (Å²) in [5, 5.41) is 13.1. The van der Waals surface area contributed by atoms with E-state index < -0.39 is 5.97 Å². The summed E-state index contributed by atoms with van der Waals surface area (Å²) in [7, 11) is 0. The molecule has 20 heavy (non-hydrogen) atoms. The molecule has 2 aromatic rings. The van der Waals surface area contributed by atoms with Crippen LogP contribution in [0.5, 0.6) is 0 Å². The van der Waals surface area contributed by atoms with Gasteiger partial charge in [-0.1, -0.05) is 0 Å². The monoisotopic (exact) mass is 310 g/mol. The van der Waals surface area contributed by atoms with E-state index in [-0.39, 0.29) is 22.7 Å². The van der Waals surface area contributed by atoms with Crippen LogP contribution in [0.1, 0.15) is 37.0 Å². The van der Waals surface area contributed by atoms with Gasteiger partial charge in [0.15, 0.2) is 10.7 Å². The smallest absolute Gasteiger partial charge is 0.355 e. The summed E-state index contributed by atoms with van der Waals surface area (Å²) < 4.78 is 0. The maximum atomic E-state index is 11.9. The lowest BCUT2D eigenvalue weighted by atomic mass is 10.2. The zero-order valence-corrected chi connectivity index (χ0v) is 12.7. The topological polar surface area (TPSA) is 79.3 Å². The number of thiazole rings is 1. The first-order valence-electron chi connectivity index (χ1n) is 6.00. The highest BCUT2D eigenvalue weighted by molar-refractivity contribution is 7.12. The van der Waals surface area contributed by atoms with Crippen molar-refractivity contribution in [2.45, 2.75) is 26.3 Å². The second kappa shape index (κ2) is 6.15. The number of aromatic nitrogens is 1. The van der Waals surface area contributed by atoms with Gasteiger partial charge in [-0.25, -0.2) is 9.78 Å². The third-order valence-electron chi connectivity index (χ3n) is 2.60. The van der Waals surface area contributed by atoms with Crippen LogP contribution in [0.4, 0.5) is 0 Å². The number of hydrogen-bond acceptors (Lipinski definition) is 5. The average Bonchev–Trinajstić information content (AvgIpc) is 2.98. The van der Waals surface area contributed by atoms with Crippen molar-refractivity contribution in [2.75, 3.05) is 0 Å². The van der Waals surface area contributed by atoms with E-state index in [0.717, 1.165) is 17.8 Å². The first kappa shape index (κ1) is 14.7. The minimum Gasteiger partial charge on any atom is -0.476 e. The van der Waals surface area contributed by atoms with Gasteiger partial charge in [0, 0.05) is 27.6 Å². The Balaban J connectivity index is 1.94. The number of thiophene rings is 1. The Bertz CT molecular complexity index is 633. The standard InChI is InChI=1S/C13H14N2O3S2/c1-7(5-9-4-3-8(2)20-9)14-11(16)12-15-10(6-19-12)13(17)18/h3-4,6-7H,5H2,1-2H3,(H,14,16)(H,17,18). The van der Waals surface area contributed by atoms with Crippen LogP contribution in [0.25, 0.3) is 0 Å². The molecule has 0 aliphatic carbocycles. The summed E-state index contributed by atoms with van der Waals surface area (Å²) in [4.78, 5) is 28.9. The summed E-state index contributed by atoms with van der Waals surface area (Å²) >= 11 is 2.74. The molecule has 0 saturated carbocycles. The van der Waals surface area contributed by atoms with Crippen molar-refractivity contribution in [3.8, 4) is 0 Å². The fourth-order valence-electron chi connectivity index (χ4n) is 1.71. The molecule has 2 rings (SSSR count). The fraction of sp³-hybridized carbons (Fsp3) is 0.308. The van der Waals surface area contributed by atoms with Crippen LogP contribution >= 0.6 is 22.7 Å². The van der Waals surface area contributed by atoms with Crippen LogP contribution in [0.2, 0.25) is 0 Å². The summed E-state index contributed by atoms with van der Waals surface area (Å²) in [6.07, 6.45) is 0.751. The molecule has 0 aromatic carbocycles. The van der Waals surface area contributed by atoms with Crippen molar-refractivity contribution >= 4 is 34.6 Å². The summed E-state index contributed by atoms with van der Waals surface area (Å²) in [5.74, 6) is -1.45. The number of carbonyl (C=O) groups excluding carboxylic acids is 1. The molecular formula is C13H14N2O3S2. The van der Waals surface area contributed by atoms with Gasteiger partial charge in [0.25, 0.3) is 5.91 Å². The fourth-order valence-corrected chi connectivity index (χ4v) is 3.42. The molecule has 0 fully saturated rings. The Morgan fingerprint density at radius 3 is 2.75 bits per heavy atom. The number of carboxylic acid groups (broad SMARTS) is 1. The van der Waals surface area contributed by atoms with E-state index in [4.69, 9.17) is 5.11 Å². The number of aryl methyl sites for hydroxylation is 1. The molecule has 2 aromatic heterocycles.